The minimum atomic E-state index is 0.0417. The van der Waals surface area contributed by atoms with Gasteiger partial charge in [-0.25, -0.2) is 0 Å². The zero-order chi connectivity index (χ0) is 14.7. The fourth-order valence-corrected chi connectivity index (χ4v) is 2.68. The molecule has 1 heterocycles. The number of morpholine rings is 1. The largest absolute Gasteiger partial charge is 0.373 e. The highest BCUT2D eigenvalue weighted by atomic mass is 16.5. The summed E-state index contributed by atoms with van der Waals surface area (Å²) >= 11 is 0. The number of ether oxygens (including phenoxy) is 1. The van der Waals surface area contributed by atoms with Crippen molar-refractivity contribution in [3.63, 3.8) is 0 Å². The first-order chi connectivity index (χ1) is 9.44. The number of carbonyl (C=O) groups is 1. The lowest BCUT2D eigenvalue weighted by Crippen LogP contribution is -2.48. The van der Waals surface area contributed by atoms with Gasteiger partial charge in [-0.2, -0.15) is 0 Å². The van der Waals surface area contributed by atoms with E-state index in [0.29, 0.717) is 6.54 Å². The quantitative estimate of drug-likeness (QED) is 0.921. The van der Waals surface area contributed by atoms with E-state index in [-0.39, 0.29) is 18.1 Å². The Kier molecular flexibility index (Phi) is 4.78. The molecule has 20 heavy (non-hydrogen) atoms. The first-order valence-electron chi connectivity index (χ1n) is 7.19. The number of rotatable bonds is 3. The SMILES string of the molecule is Cc1ccc(C)c(NC(=O)CN2CC(C)OC(C)C2)c1. The van der Waals surface area contributed by atoms with E-state index < -0.39 is 0 Å². The zero-order valence-electron chi connectivity index (χ0n) is 12.8. The molecule has 0 radical (unpaired) electrons. The zero-order valence-corrected chi connectivity index (χ0v) is 12.8. The Balaban J connectivity index is 1.93. The first-order valence-corrected chi connectivity index (χ1v) is 7.19. The summed E-state index contributed by atoms with van der Waals surface area (Å²) in [6.45, 7) is 10.2. The summed E-state index contributed by atoms with van der Waals surface area (Å²) in [7, 11) is 0. The molecule has 0 aromatic heterocycles. The Morgan fingerprint density at radius 2 is 1.95 bits per heavy atom. The van der Waals surface area contributed by atoms with E-state index in [4.69, 9.17) is 4.74 Å². The minimum Gasteiger partial charge on any atom is -0.373 e. The molecule has 2 rings (SSSR count). The second-order valence-corrected chi connectivity index (χ2v) is 5.82. The molecule has 0 aliphatic carbocycles. The van der Waals surface area contributed by atoms with Gasteiger partial charge in [-0.05, 0) is 44.9 Å². The maximum Gasteiger partial charge on any atom is 0.238 e. The van der Waals surface area contributed by atoms with E-state index in [1.807, 2.05) is 39.8 Å². The van der Waals surface area contributed by atoms with Gasteiger partial charge in [0, 0.05) is 18.8 Å². The predicted molar refractivity (Wildman–Crippen MR) is 81.0 cm³/mol. The topological polar surface area (TPSA) is 41.6 Å². The maximum atomic E-state index is 12.2. The van der Waals surface area contributed by atoms with Crippen LogP contribution in [0.1, 0.15) is 25.0 Å². The van der Waals surface area contributed by atoms with Crippen LogP contribution in [0, 0.1) is 13.8 Å². The molecule has 1 fully saturated rings. The van der Waals surface area contributed by atoms with Crippen molar-refractivity contribution in [3.8, 4) is 0 Å². The monoisotopic (exact) mass is 276 g/mol. The van der Waals surface area contributed by atoms with Crippen LogP contribution in [0.2, 0.25) is 0 Å². The second kappa shape index (κ2) is 6.37. The number of anilines is 1. The van der Waals surface area contributed by atoms with Gasteiger partial charge >= 0.3 is 0 Å². The van der Waals surface area contributed by atoms with Crippen LogP contribution in [-0.2, 0) is 9.53 Å². The lowest BCUT2D eigenvalue weighted by Gasteiger charge is -2.34. The van der Waals surface area contributed by atoms with Crippen LogP contribution in [-0.4, -0.2) is 42.6 Å². The van der Waals surface area contributed by atoms with Crippen LogP contribution in [0.4, 0.5) is 5.69 Å². The van der Waals surface area contributed by atoms with E-state index in [1.54, 1.807) is 0 Å². The van der Waals surface area contributed by atoms with Crippen molar-refractivity contribution in [2.24, 2.45) is 0 Å². The lowest BCUT2D eigenvalue weighted by atomic mass is 10.1. The highest BCUT2D eigenvalue weighted by Crippen LogP contribution is 2.16. The van der Waals surface area contributed by atoms with Crippen LogP contribution < -0.4 is 5.32 Å². The van der Waals surface area contributed by atoms with Crippen molar-refractivity contribution < 1.29 is 9.53 Å². The Morgan fingerprint density at radius 1 is 1.30 bits per heavy atom. The summed E-state index contributed by atoms with van der Waals surface area (Å²) in [5.74, 6) is 0.0417. The van der Waals surface area contributed by atoms with Gasteiger partial charge in [0.25, 0.3) is 0 Å². The third-order valence-electron chi connectivity index (χ3n) is 3.53. The van der Waals surface area contributed by atoms with Crippen molar-refractivity contribution >= 4 is 11.6 Å². The highest BCUT2D eigenvalue weighted by molar-refractivity contribution is 5.93. The number of hydrogen-bond acceptors (Lipinski definition) is 3. The standard InChI is InChI=1S/C16H24N2O2/c1-11-5-6-12(2)15(7-11)17-16(19)10-18-8-13(3)20-14(4)9-18/h5-7,13-14H,8-10H2,1-4H3,(H,17,19). The fraction of sp³-hybridized carbons (Fsp3) is 0.562. The molecule has 0 saturated carbocycles. The highest BCUT2D eigenvalue weighted by Gasteiger charge is 2.23. The summed E-state index contributed by atoms with van der Waals surface area (Å²) in [4.78, 5) is 14.3. The van der Waals surface area contributed by atoms with Crippen LogP contribution in [0.15, 0.2) is 18.2 Å². The summed E-state index contributed by atoms with van der Waals surface area (Å²) < 4.78 is 5.68. The molecule has 1 aliphatic heterocycles. The molecule has 2 atom stereocenters. The Morgan fingerprint density at radius 3 is 2.60 bits per heavy atom. The van der Waals surface area contributed by atoms with Gasteiger partial charge in [0.05, 0.1) is 18.8 Å². The normalized spacial score (nSPS) is 23.6. The van der Waals surface area contributed by atoms with E-state index in [2.05, 4.69) is 16.3 Å². The molecular weight excluding hydrogens is 252 g/mol. The van der Waals surface area contributed by atoms with Crippen molar-refractivity contribution in [2.75, 3.05) is 25.0 Å². The summed E-state index contributed by atoms with van der Waals surface area (Å²) in [5, 5.41) is 3.01. The number of carbonyl (C=O) groups excluding carboxylic acids is 1. The first kappa shape index (κ1) is 15.0. The molecule has 4 nitrogen and oxygen atoms in total. The van der Waals surface area contributed by atoms with Crippen LogP contribution in [0.3, 0.4) is 0 Å². The predicted octanol–water partition coefficient (Wildman–Crippen LogP) is 2.35. The van der Waals surface area contributed by atoms with Gasteiger partial charge in [-0.3, -0.25) is 9.69 Å². The van der Waals surface area contributed by atoms with Crippen molar-refractivity contribution in [3.05, 3.63) is 29.3 Å². The number of nitrogens with zero attached hydrogens (tertiary/aromatic N) is 1. The molecule has 110 valence electrons. The van der Waals surface area contributed by atoms with Crippen molar-refractivity contribution in [1.82, 2.24) is 4.90 Å². The number of nitrogens with one attached hydrogen (secondary N) is 1. The lowest BCUT2D eigenvalue weighted by molar-refractivity contribution is -0.121. The smallest absolute Gasteiger partial charge is 0.238 e. The Labute approximate surface area is 121 Å². The van der Waals surface area contributed by atoms with E-state index in [0.717, 1.165) is 29.9 Å². The molecule has 1 aliphatic rings. The second-order valence-electron chi connectivity index (χ2n) is 5.82. The minimum absolute atomic E-state index is 0.0417. The van der Waals surface area contributed by atoms with Crippen molar-refractivity contribution in [2.45, 2.75) is 39.9 Å². The molecule has 2 unspecified atom stereocenters. The maximum absolute atomic E-state index is 12.2. The van der Waals surface area contributed by atoms with Gasteiger partial charge in [0.1, 0.15) is 0 Å². The molecule has 1 aromatic rings. The van der Waals surface area contributed by atoms with Gasteiger partial charge in [0.15, 0.2) is 0 Å². The molecule has 1 aromatic carbocycles. The van der Waals surface area contributed by atoms with Crippen LogP contribution >= 0.6 is 0 Å². The molecule has 1 N–H and O–H groups in total. The van der Waals surface area contributed by atoms with Crippen molar-refractivity contribution in [1.29, 1.82) is 0 Å². The number of benzene rings is 1. The van der Waals surface area contributed by atoms with Gasteiger partial charge in [0.2, 0.25) is 5.91 Å². The molecule has 0 spiro atoms. The molecule has 1 saturated heterocycles. The Hall–Kier alpha value is -1.39. The molecular formula is C16H24N2O2. The summed E-state index contributed by atoms with van der Waals surface area (Å²) in [6, 6.07) is 6.10. The van der Waals surface area contributed by atoms with Gasteiger partial charge < -0.3 is 10.1 Å². The van der Waals surface area contributed by atoms with E-state index in [1.165, 1.54) is 0 Å². The number of hydrogen-bond donors (Lipinski definition) is 1. The van der Waals surface area contributed by atoms with Crippen LogP contribution in [0.25, 0.3) is 0 Å². The Bertz CT molecular complexity index is 477. The fourth-order valence-electron chi connectivity index (χ4n) is 2.68. The summed E-state index contributed by atoms with van der Waals surface area (Å²) in [6.07, 6.45) is 0.375. The molecule has 1 amide bonds. The number of amides is 1. The average Bonchev–Trinajstić information content (AvgIpc) is 2.32. The third-order valence-corrected chi connectivity index (χ3v) is 3.53. The van der Waals surface area contributed by atoms with Gasteiger partial charge in [-0.1, -0.05) is 12.1 Å². The van der Waals surface area contributed by atoms with E-state index >= 15 is 0 Å². The van der Waals surface area contributed by atoms with Gasteiger partial charge in [-0.15, -0.1) is 0 Å². The molecule has 4 heteroatoms. The van der Waals surface area contributed by atoms with Crippen LogP contribution in [0.5, 0.6) is 0 Å². The average molecular weight is 276 g/mol. The molecule has 0 bridgehead atoms. The summed E-state index contributed by atoms with van der Waals surface area (Å²) in [5.41, 5.74) is 3.15. The number of aryl methyl sites for hydroxylation is 2. The third kappa shape index (κ3) is 4.05. The van der Waals surface area contributed by atoms with E-state index in [9.17, 15) is 4.79 Å².